The summed E-state index contributed by atoms with van der Waals surface area (Å²) >= 11 is 7.34. The Hall–Kier alpha value is -1.00. The zero-order chi connectivity index (χ0) is 11.6. The molecule has 1 aromatic rings. The van der Waals surface area contributed by atoms with Gasteiger partial charge in [0.05, 0.1) is 11.0 Å². The highest BCUT2D eigenvalue weighted by molar-refractivity contribution is 7.98. The average molecular weight is 243 g/mol. The van der Waals surface area contributed by atoms with Crippen molar-refractivity contribution in [3.8, 4) is 0 Å². The summed E-state index contributed by atoms with van der Waals surface area (Å²) in [4.78, 5) is 14.7. The number of aromatic nitrogens is 1. The lowest BCUT2D eigenvalue weighted by Crippen LogP contribution is -2.23. The van der Waals surface area contributed by atoms with Crippen LogP contribution in [-0.2, 0) is 0 Å². The second kappa shape index (κ2) is 4.68. The summed E-state index contributed by atoms with van der Waals surface area (Å²) in [6.45, 7) is 5.50. The van der Waals surface area contributed by atoms with Crippen LogP contribution in [-0.4, -0.2) is 17.2 Å². The maximum absolute atomic E-state index is 10.7. The van der Waals surface area contributed by atoms with Crippen LogP contribution in [0.1, 0.15) is 22.8 Å². The molecule has 0 unspecified atom stereocenters. The molecule has 0 saturated carbocycles. The number of nitrogens with zero attached hydrogens (tertiary/aromatic N) is 1. The van der Waals surface area contributed by atoms with Gasteiger partial charge in [0.1, 0.15) is 5.03 Å². The van der Waals surface area contributed by atoms with E-state index in [0.29, 0.717) is 16.2 Å². The van der Waals surface area contributed by atoms with Crippen molar-refractivity contribution < 1.29 is 9.90 Å². The standard InChI is InChI=1S/C10H10ClNO2S/c1-5(2)7-8(11)6(10(13)14)4-12-9(7)15-3/h4H,1H2,2-3H3,(H,13,14)/p-1. The zero-order valence-electron chi connectivity index (χ0n) is 8.33. The number of hydrogen-bond acceptors (Lipinski definition) is 4. The number of aromatic carboxylic acids is 1. The number of rotatable bonds is 3. The van der Waals surface area contributed by atoms with Crippen molar-refractivity contribution in [1.82, 2.24) is 4.98 Å². The molecule has 0 aromatic carbocycles. The first-order chi connectivity index (χ1) is 6.99. The van der Waals surface area contributed by atoms with Gasteiger partial charge in [-0.25, -0.2) is 4.98 Å². The maximum atomic E-state index is 10.7. The molecule has 0 aliphatic carbocycles. The van der Waals surface area contributed by atoms with Crippen LogP contribution in [0.4, 0.5) is 0 Å². The fraction of sp³-hybridized carbons (Fsp3) is 0.200. The van der Waals surface area contributed by atoms with Crippen molar-refractivity contribution in [2.24, 2.45) is 0 Å². The molecule has 15 heavy (non-hydrogen) atoms. The molecular formula is C10H9ClNO2S-. The van der Waals surface area contributed by atoms with E-state index in [-0.39, 0.29) is 10.6 Å². The minimum atomic E-state index is -1.33. The highest BCUT2D eigenvalue weighted by Gasteiger charge is 2.13. The van der Waals surface area contributed by atoms with E-state index < -0.39 is 5.97 Å². The van der Waals surface area contributed by atoms with E-state index in [9.17, 15) is 9.90 Å². The summed E-state index contributed by atoms with van der Waals surface area (Å²) in [6, 6.07) is 0. The van der Waals surface area contributed by atoms with Crippen molar-refractivity contribution in [3.63, 3.8) is 0 Å². The van der Waals surface area contributed by atoms with Gasteiger partial charge in [-0.3, -0.25) is 0 Å². The lowest BCUT2D eigenvalue weighted by molar-refractivity contribution is -0.255. The molecular weight excluding hydrogens is 234 g/mol. The lowest BCUT2D eigenvalue weighted by atomic mass is 10.1. The first-order valence-corrected chi connectivity index (χ1v) is 5.69. The Balaban J connectivity index is 3.49. The molecule has 3 nitrogen and oxygen atoms in total. The Bertz CT molecular complexity index is 432. The van der Waals surface area contributed by atoms with Gasteiger partial charge in [-0.05, 0) is 18.8 Å². The Morgan fingerprint density at radius 2 is 2.27 bits per heavy atom. The fourth-order valence-corrected chi connectivity index (χ4v) is 2.21. The molecule has 1 heterocycles. The molecule has 1 rings (SSSR count). The summed E-state index contributed by atoms with van der Waals surface area (Å²) in [6.07, 6.45) is 3.04. The first-order valence-electron chi connectivity index (χ1n) is 4.08. The van der Waals surface area contributed by atoms with Gasteiger partial charge in [-0.15, -0.1) is 11.8 Å². The van der Waals surface area contributed by atoms with Gasteiger partial charge in [0, 0.05) is 17.3 Å². The minimum Gasteiger partial charge on any atom is -0.545 e. The number of thioether (sulfide) groups is 1. The van der Waals surface area contributed by atoms with Crippen LogP contribution in [0.5, 0.6) is 0 Å². The Morgan fingerprint density at radius 3 is 2.67 bits per heavy atom. The fourth-order valence-electron chi connectivity index (χ4n) is 1.14. The van der Waals surface area contributed by atoms with E-state index in [1.54, 1.807) is 6.92 Å². The Labute approximate surface area is 97.2 Å². The zero-order valence-corrected chi connectivity index (χ0v) is 9.91. The van der Waals surface area contributed by atoms with Gasteiger partial charge >= 0.3 is 0 Å². The van der Waals surface area contributed by atoms with Crippen LogP contribution in [0, 0.1) is 0 Å². The molecule has 0 N–H and O–H groups in total. The smallest absolute Gasteiger partial charge is 0.105 e. The van der Waals surface area contributed by atoms with Crippen molar-refractivity contribution in [3.05, 3.63) is 28.9 Å². The van der Waals surface area contributed by atoms with Crippen LogP contribution >= 0.6 is 23.4 Å². The third-order valence-corrected chi connectivity index (χ3v) is 2.91. The van der Waals surface area contributed by atoms with E-state index in [0.717, 1.165) is 0 Å². The summed E-state index contributed by atoms with van der Waals surface area (Å²) < 4.78 is 0. The van der Waals surface area contributed by atoms with Crippen molar-refractivity contribution >= 4 is 34.9 Å². The number of halogens is 1. The molecule has 1 aromatic heterocycles. The van der Waals surface area contributed by atoms with Gasteiger partial charge in [0.15, 0.2) is 0 Å². The second-order valence-electron chi connectivity index (χ2n) is 2.94. The molecule has 0 fully saturated rings. The summed E-state index contributed by atoms with van der Waals surface area (Å²) in [5.74, 6) is -1.33. The van der Waals surface area contributed by atoms with Crippen LogP contribution in [0.2, 0.25) is 5.02 Å². The third-order valence-electron chi connectivity index (χ3n) is 1.82. The molecule has 0 radical (unpaired) electrons. The van der Waals surface area contributed by atoms with E-state index in [4.69, 9.17) is 11.6 Å². The quantitative estimate of drug-likeness (QED) is 0.760. The number of carbonyl (C=O) groups excluding carboxylic acids is 1. The largest absolute Gasteiger partial charge is 0.545 e. The van der Waals surface area contributed by atoms with Crippen LogP contribution in [0.3, 0.4) is 0 Å². The van der Waals surface area contributed by atoms with E-state index in [1.807, 2.05) is 6.26 Å². The van der Waals surface area contributed by atoms with Gasteiger partial charge in [-0.2, -0.15) is 0 Å². The monoisotopic (exact) mass is 242 g/mol. The van der Waals surface area contributed by atoms with Gasteiger partial charge < -0.3 is 9.90 Å². The number of carbonyl (C=O) groups is 1. The van der Waals surface area contributed by atoms with Gasteiger partial charge in [-0.1, -0.05) is 18.2 Å². The Morgan fingerprint density at radius 1 is 1.67 bits per heavy atom. The van der Waals surface area contributed by atoms with E-state index in [1.165, 1.54) is 18.0 Å². The second-order valence-corrected chi connectivity index (χ2v) is 4.11. The van der Waals surface area contributed by atoms with Crippen molar-refractivity contribution in [2.75, 3.05) is 6.26 Å². The molecule has 0 aliphatic heterocycles. The van der Waals surface area contributed by atoms with Crippen LogP contribution in [0.25, 0.3) is 5.57 Å². The number of allylic oxidation sites excluding steroid dienone is 1. The third kappa shape index (κ3) is 2.33. The number of carboxylic acid groups (broad SMARTS) is 1. The Kier molecular flexibility index (Phi) is 3.77. The molecule has 0 saturated heterocycles. The first kappa shape index (κ1) is 12.1. The summed E-state index contributed by atoms with van der Waals surface area (Å²) in [7, 11) is 0. The summed E-state index contributed by atoms with van der Waals surface area (Å²) in [5.41, 5.74) is 1.15. The molecule has 0 spiro atoms. The maximum Gasteiger partial charge on any atom is 0.105 e. The predicted octanol–water partition coefficient (Wildman–Crippen LogP) is 1.85. The molecule has 80 valence electrons. The van der Waals surface area contributed by atoms with Crippen LogP contribution in [0.15, 0.2) is 17.8 Å². The molecule has 5 heteroatoms. The van der Waals surface area contributed by atoms with E-state index in [2.05, 4.69) is 11.6 Å². The normalized spacial score (nSPS) is 10.1. The molecule has 0 aliphatic rings. The number of carboxylic acids is 1. The SMILES string of the molecule is C=C(C)c1c(SC)ncc(C(=O)[O-])c1Cl. The average Bonchev–Trinajstić information content (AvgIpc) is 2.15. The highest BCUT2D eigenvalue weighted by atomic mass is 35.5. The highest BCUT2D eigenvalue weighted by Crippen LogP contribution is 2.32. The van der Waals surface area contributed by atoms with Gasteiger partial charge in [0.25, 0.3) is 0 Å². The lowest BCUT2D eigenvalue weighted by Gasteiger charge is -2.12. The predicted molar refractivity (Wildman–Crippen MR) is 60.1 cm³/mol. The van der Waals surface area contributed by atoms with Crippen molar-refractivity contribution in [2.45, 2.75) is 11.9 Å². The van der Waals surface area contributed by atoms with Gasteiger partial charge in [0.2, 0.25) is 0 Å². The number of pyridine rings is 1. The molecule has 0 amide bonds. The van der Waals surface area contributed by atoms with E-state index >= 15 is 0 Å². The number of hydrogen-bond donors (Lipinski definition) is 0. The topological polar surface area (TPSA) is 53.0 Å². The minimum absolute atomic E-state index is 0.104. The van der Waals surface area contributed by atoms with Crippen LogP contribution < -0.4 is 5.11 Å². The molecule has 0 atom stereocenters. The van der Waals surface area contributed by atoms with Crippen molar-refractivity contribution in [1.29, 1.82) is 0 Å². The summed E-state index contributed by atoms with van der Waals surface area (Å²) in [5, 5.41) is 11.5. The molecule has 0 bridgehead atoms.